The second kappa shape index (κ2) is 6.45. The Morgan fingerprint density at radius 1 is 1.59 bits per heavy atom. The Morgan fingerprint density at radius 2 is 2.29 bits per heavy atom. The van der Waals surface area contributed by atoms with Crippen molar-refractivity contribution in [2.75, 3.05) is 20.2 Å². The van der Waals surface area contributed by atoms with Crippen LogP contribution in [0.25, 0.3) is 0 Å². The van der Waals surface area contributed by atoms with Gasteiger partial charge in [-0.1, -0.05) is 6.92 Å². The van der Waals surface area contributed by atoms with Crippen LogP contribution in [0.4, 0.5) is 0 Å². The van der Waals surface area contributed by atoms with Crippen molar-refractivity contribution < 1.29 is 13.9 Å². The van der Waals surface area contributed by atoms with Crippen molar-refractivity contribution in [3.05, 3.63) is 23.7 Å². The molecule has 0 aliphatic heterocycles. The van der Waals surface area contributed by atoms with Crippen LogP contribution in [0, 0.1) is 12.8 Å². The third-order valence-corrected chi connectivity index (χ3v) is 2.68. The standard InChI is InChI=1S/C13H21NO3/c1-5-16-13(15)10(2)8-14(4)9-12-6-7-17-11(12)3/h6-7,10H,5,8-9H2,1-4H3. The Hall–Kier alpha value is -1.29. The molecule has 0 spiro atoms. The zero-order valence-electron chi connectivity index (χ0n) is 11.0. The zero-order valence-corrected chi connectivity index (χ0v) is 11.0. The van der Waals surface area contributed by atoms with Gasteiger partial charge in [-0.3, -0.25) is 4.79 Å². The number of esters is 1. The van der Waals surface area contributed by atoms with E-state index in [0.29, 0.717) is 13.2 Å². The van der Waals surface area contributed by atoms with Crippen molar-refractivity contribution in [2.45, 2.75) is 27.3 Å². The zero-order chi connectivity index (χ0) is 12.8. The van der Waals surface area contributed by atoms with E-state index in [0.717, 1.165) is 17.9 Å². The predicted octanol–water partition coefficient (Wildman–Crippen LogP) is 2.22. The first-order valence-corrected chi connectivity index (χ1v) is 5.92. The maximum atomic E-state index is 11.5. The van der Waals surface area contributed by atoms with Gasteiger partial charge in [0.15, 0.2) is 0 Å². The van der Waals surface area contributed by atoms with Gasteiger partial charge in [0.25, 0.3) is 0 Å². The van der Waals surface area contributed by atoms with Crippen LogP contribution in [0.2, 0.25) is 0 Å². The van der Waals surface area contributed by atoms with Crippen LogP contribution < -0.4 is 0 Å². The smallest absolute Gasteiger partial charge is 0.309 e. The van der Waals surface area contributed by atoms with Crippen molar-refractivity contribution in [3.8, 4) is 0 Å². The summed E-state index contributed by atoms with van der Waals surface area (Å²) in [5.41, 5.74) is 1.16. The number of hydrogen-bond acceptors (Lipinski definition) is 4. The van der Waals surface area contributed by atoms with Crippen LogP contribution in [0.5, 0.6) is 0 Å². The van der Waals surface area contributed by atoms with Crippen LogP contribution in [0.1, 0.15) is 25.2 Å². The van der Waals surface area contributed by atoms with E-state index >= 15 is 0 Å². The van der Waals surface area contributed by atoms with Crippen molar-refractivity contribution in [1.29, 1.82) is 0 Å². The number of ether oxygens (including phenoxy) is 1. The first-order valence-electron chi connectivity index (χ1n) is 5.92. The Balaban J connectivity index is 2.41. The molecule has 0 aliphatic carbocycles. The van der Waals surface area contributed by atoms with E-state index in [1.807, 2.05) is 33.9 Å². The molecule has 1 unspecified atom stereocenters. The molecule has 0 amide bonds. The van der Waals surface area contributed by atoms with E-state index in [1.165, 1.54) is 0 Å². The second-order valence-corrected chi connectivity index (χ2v) is 4.35. The number of nitrogens with zero attached hydrogens (tertiary/aromatic N) is 1. The van der Waals surface area contributed by atoms with Gasteiger partial charge in [0.1, 0.15) is 5.76 Å². The number of furan rings is 1. The third-order valence-electron chi connectivity index (χ3n) is 2.68. The highest BCUT2D eigenvalue weighted by molar-refractivity contribution is 5.72. The summed E-state index contributed by atoms with van der Waals surface area (Å²) in [5.74, 6) is 0.691. The maximum Gasteiger partial charge on any atom is 0.309 e. The first-order chi connectivity index (χ1) is 8.04. The number of aryl methyl sites for hydroxylation is 1. The molecule has 0 aromatic carbocycles. The maximum absolute atomic E-state index is 11.5. The van der Waals surface area contributed by atoms with Crippen molar-refractivity contribution in [3.63, 3.8) is 0 Å². The number of hydrogen-bond donors (Lipinski definition) is 0. The molecule has 1 rings (SSSR count). The molecule has 4 heteroatoms. The summed E-state index contributed by atoms with van der Waals surface area (Å²) < 4.78 is 10.2. The average Bonchev–Trinajstić information content (AvgIpc) is 2.64. The lowest BCUT2D eigenvalue weighted by molar-refractivity contribution is -0.147. The molecule has 0 N–H and O–H groups in total. The highest BCUT2D eigenvalue weighted by atomic mass is 16.5. The second-order valence-electron chi connectivity index (χ2n) is 4.35. The summed E-state index contributed by atoms with van der Waals surface area (Å²) in [6, 6.07) is 1.96. The normalized spacial score (nSPS) is 12.8. The number of carbonyl (C=O) groups is 1. The third kappa shape index (κ3) is 4.23. The minimum atomic E-state index is -0.136. The fourth-order valence-corrected chi connectivity index (χ4v) is 1.76. The van der Waals surface area contributed by atoms with Crippen LogP contribution in [-0.2, 0) is 16.1 Å². The van der Waals surface area contributed by atoms with E-state index in [9.17, 15) is 4.79 Å². The van der Waals surface area contributed by atoms with Gasteiger partial charge in [0.05, 0.1) is 18.8 Å². The summed E-state index contributed by atoms with van der Waals surface area (Å²) in [6.07, 6.45) is 1.69. The summed E-state index contributed by atoms with van der Waals surface area (Å²) in [7, 11) is 1.99. The predicted molar refractivity (Wildman–Crippen MR) is 65.6 cm³/mol. The molecular weight excluding hydrogens is 218 g/mol. The highest BCUT2D eigenvalue weighted by Gasteiger charge is 2.16. The monoisotopic (exact) mass is 239 g/mol. The summed E-state index contributed by atoms with van der Waals surface area (Å²) in [6.45, 7) is 7.56. The highest BCUT2D eigenvalue weighted by Crippen LogP contribution is 2.12. The molecular formula is C13H21NO3. The van der Waals surface area contributed by atoms with E-state index in [-0.39, 0.29) is 11.9 Å². The minimum absolute atomic E-state index is 0.104. The van der Waals surface area contributed by atoms with Gasteiger partial charge >= 0.3 is 5.97 Å². The molecule has 0 fully saturated rings. The Bertz CT molecular complexity index is 359. The molecule has 1 atom stereocenters. The number of rotatable bonds is 6. The Kier molecular flexibility index (Phi) is 5.22. The summed E-state index contributed by atoms with van der Waals surface area (Å²) in [4.78, 5) is 13.6. The van der Waals surface area contributed by atoms with Gasteiger partial charge in [-0.25, -0.2) is 0 Å². The van der Waals surface area contributed by atoms with Crippen LogP contribution in [0.15, 0.2) is 16.7 Å². The molecule has 0 radical (unpaired) electrons. The lowest BCUT2D eigenvalue weighted by Crippen LogP contribution is -2.29. The van der Waals surface area contributed by atoms with Gasteiger partial charge in [-0.2, -0.15) is 0 Å². The fraction of sp³-hybridized carbons (Fsp3) is 0.615. The van der Waals surface area contributed by atoms with E-state index in [4.69, 9.17) is 9.15 Å². The van der Waals surface area contributed by atoms with Crippen molar-refractivity contribution in [2.24, 2.45) is 5.92 Å². The Morgan fingerprint density at radius 3 is 2.82 bits per heavy atom. The summed E-state index contributed by atoms with van der Waals surface area (Å²) >= 11 is 0. The van der Waals surface area contributed by atoms with E-state index < -0.39 is 0 Å². The molecule has 4 nitrogen and oxygen atoms in total. The van der Waals surface area contributed by atoms with E-state index in [1.54, 1.807) is 6.26 Å². The fourth-order valence-electron chi connectivity index (χ4n) is 1.76. The molecule has 0 aliphatic rings. The quantitative estimate of drug-likeness (QED) is 0.714. The minimum Gasteiger partial charge on any atom is -0.469 e. The van der Waals surface area contributed by atoms with Gasteiger partial charge in [-0.05, 0) is 27.0 Å². The Labute approximate surface area is 103 Å². The van der Waals surface area contributed by atoms with Crippen LogP contribution in [-0.4, -0.2) is 31.1 Å². The lowest BCUT2D eigenvalue weighted by Gasteiger charge is -2.19. The molecule has 17 heavy (non-hydrogen) atoms. The molecule has 0 saturated carbocycles. The molecule has 1 aromatic rings. The van der Waals surface area contributed by atoms with Crippen molar-refractivity contribution in [1.82, 2.24) is 4.90 Å². The van der Waals surface area contributed by atoms with Crippen LogP contribution >= 0.6 is 0 Å². The van der Waals surface area contributed by atoms with Gasteiger partial charge in [0.2, 0.25) is 0 Å². The van der Waals surface area contributed by atoms with E-state index in [2.05, 4.69) is 4.90 Å². The largest absolute Gasteiger partial charge is 0.469 e. The molecule has 1 aromatic heterocycles. The lowest BCUT2D eigenvalue weighted by atomic mass is 10.1. The SMILES string of the molecule is CCOC(=O)C(C)CN(C)Cc1ccoc1C. The van der Waals surface area contributed by atoms with Gasteiger partial charge in [-0.15, -0.1) is 0 Å². The number of carbonyl (C=O) groups excluding carboxylic acids is 1. The summed E-state index contributed by atoms with van der Waals surface area (Å²) in [5, 5.41) is 0. The van der Waals surface area contributed by atoms with Gasteiger partial charge in [0, 0.05) is 18.7 Å². The molecule has 0 saturated heterocycles. The van der Waals surface area contributed by atoms with Crippen molar-refractivity contribution >= 4 is 5.97 Å². The van der Waals surface area contributed by atoms with Crippen LogP contribution in [0.3, 0.4) is 0 Å². The topological polar surface area (TPSA) is 42.7 Å². The average molecular weight is 239 g/mol. The molecule has 0 bridgehead atoms. The molecule has 96 valence electrons. The molecule has 1 heterocycles. The first kappa shape index (κ1) is 13.8. The van der Waals surface area contributed by atoms with Gasteiger partial charge < -0.3 is 14.1 Å².